The molecule has 0 spiro atoms. The molecule has 0 aliphatic rings. The van der Waals surface area contributed by atoms with Crippen LogP contribution in [0.3, 0.4) is 0 Å². The van der Waals surface area contributed by atoms with Crippen LogP contribution < -0.4 is 16.2 Å². The number of carbonyl (C=O) groups is 1. The average Bonchev–Trinajstić information content (AvgIpc) is 2.88. The lowest BCUT2D eigenvalue weighted by Crippen LogP contribution is -2.21. The smallest absolute Gasteiger partial charge is 0.293 e. The van der Waals surface area contributed by atoms with Crippen molar-refractivity contribution in [2.75, 3.05) is 10.6 Å². The number of rotatable bonds is 6. The molecule has 0 saturated heterocycles. The van der Waals surface area contributed by atoms with Gasteiger partial charge in [0.05, 0.1) is 12.3 Å². The summed E-state index contributed by atoms with van der Waals surface area (Å²) in [7, 11) is 1.68. The zero-order valence-electron chi connectivity index (χ0n) is 21.8. The van der Waals surface area contributed by atoms with Crippen LogP contribution in [0.1, 0.15) is 47.8 Å². The van der Waals surface area contributed by atoms with Gasteiger partial charge in [0.1, 0.15) is 0 Å². The normalized spacial score (nSPS) is 11.3. The number of aliphatic hydroxyl groups is 1. The molecule has 0 atom stereocenters. The summed E-state index contributed by atoms with van der Waals surface area (Å²) in [5.74, 6) is -0.00710. The number of anilines is 3. The van der Waals surface area contributed by atoms with Crippen molar-refractivity contribution in [3.8, 4) is 11.3 Å². The maximum atomic E-state index is 13.0. The van der Waals surface area contributed by atoms with Crippen molar-refractivity contribution in [3.05, 3.63) is 106 Å². The van der Waals surface area contributed by atoms with Gasteiger partial charge in [-0.1, -0.05) is 57.2 Å². The fraction of sp³-hybridized carbons (Fsp3) is 0.233. The van der Waals surface area contributed by atoms with Gasteiger partial charge in [-0.2, -0.15) is 0 Å². The van der Waals surface area contributed by atoms with E-state index < -0.39 is 0 Å². The molecule has 4 aromatic rings. The van der Waals surface area contributed by atoms with E-state index in [1.807, 2.05) is 49.4 Å². The second kappa shape index (κ2) is 10.4. The first-order valence-corrected chi connectivity index (χ1v) is 12.1. The second-order valence-electron chi connectivity index (χ2n) is 10.1. The number of amides is 1. The summed E-state index contributed by atoms with van der Waals surface area (Å²) in [4.78, 5) is 30.3. The summed E-state index contributed by atoms with van der Waals surface area (Å²) in [5.41, 5.74) is 5.87. The number of hydrogen-bond donors (Lipinski definition) is 3. The van der Waals surface area contributed by atoms with E-state index in [1.54, 1.807) is 37.5 Å². The lowest BCUT2D eigenvalue weighted by Gasteiger charge is -2.19. The predicted molar refractivity (Wildman–Crippen MR) is 148 cm³/mol. The molecule has 0 radical (unpaired) electrons. The molecule has 0 unspecified atom stereocenters. The van der Waals surface area contributed by atoms with Crippen molar-refractivity contribution in [1.82, 2.24) is 9.55 Å². The third kappa shape index (κ3) is 5.78. The quantitative estimate of drug-likeness (QED) is 0.326. The van der Waals surface area contributed by atoms with Gasteiger partial charge in [0, 0.05) is 35.7 Å². The molecule has 1 aromatic heterocycles. The predicted octanol–water partition coefficient (Wildman–Crippen LogP) is 5.54. The Balaban J connectivity index is 1.62. The molecular weight excluding hydrogens is 464 g/mol. The van der Waals surface area contributed by atoms with Crippen molar-refractivity contribution in [2.45, 2.75) is 39.7 Å². The molecule has 1 heterocycles. The van der Waals surface area contributed by atoms with Crippen LogP contribution in [0.2, 0.25) is 0 Å². The first kappa shape index (κ1) is 25.9. The van der Waals surface area contributed by atoms with Gasteiger partial charge in [0.2, 0.25) is 0 Å². The summed E-state index contributed by atoms with van der Waals surface area (Å²) in [6.07, 6.45) is 1.68. The van der Waals surface area contributed by atoms with E-state index in [2.05, 4.69) is 36.4 Å². The molecule has 0 fully saturated rings. The topological polar surface area (TPSA) is 96.2 Å². The lowest BCUT2D eigenvalue weighted by atomic mass is 9.86. The van der Waals surface area contributed by atoms with Gasteiger partial charge in [0.25, 0.3) is 11.5 Å². The van der Waals surface area contributed by atoms with Crippen molar-refractivity contribution in [2.24, 2.45) is 7.05 Å². The molecule has 0 bridgehead atoms. The third-order valence-electron chi connectivity index (χ3n) is 6.34. The van der Waals surface area contributed by atoms with Crippen LogP contribution in [-0.4, -0.2) is 20.6 Å². The van der Waals surface area contributed by atoms with Gasteiger partial charge in [-0.25, -0.2) is 4.98 Å². The monoisotopic (exact) mass is 496 g/mol. The Morgan fingerprint density at radius 1 is 1.00 bits per heavy atom. The van der Waals surface area contributed by atoms with Gasteiger partial charge in [0.15, 0.2) is 5.82 Å². The highest BCUT2D eigenvalue weighted by Crippen LogP contribution is 2.29. The summed E-state index contributed by atoms with van der Waals surface area (Å²) in [5, 5.41) is 15.4. The van der Waals surface area contributed by atoms with Crippen molar-refractivity contribution in [3.63, 3.8) is 0 Å². The minimum Gasteiger partial charge on any atom is -0.392 e. The summed E-state index contributed by atoms with van der Waals surface area (Å²) >= 11 is 0. The Labute approximate surface area is 216 Å². The number of aromatic nitrogens is 2. The number of aryl methyl sites for hydroxylation is 1. The Kier molecular flexibility index (Phi) is 7.27. The Bertz CT molecular complexity index is 1480. The molecule has 4 rings (SSSR count). The second-order valence-corrected chi connectivity index (χ2v) is 10.1. The van der Waals surface area contributed by atoms with Crippen LogP contribution >= 0.6 is 0 Å². The highest BCUT2D eigenvalue weighted by Gasteiger charge is 2.16. The van der Waals surface area contributed by atoms with Crippen LogP contribution in [0.5, 0.6) is 0 Å². The fourth-order valence-electron chi connectivity index (χ4n) is 4.01. The number of aliphatic hydroxyl groups excluding tert-OH is 1. The van der Waals surface area contributed by atoms with Crippen molar-refractivity contribution in [1.29, 1.82) is 0 Å². The number of nitrogens with one attached hydrogen (secondary N) is 2. The van der Waals surface area contributed by atoms with Gasteiger partial charge in [-0.3, -0.25) is 9.59 Å². The average molecular weight is 497 g/mol. The SMILES string of the molecule is Cc1c(NC(=O)c2ccc(C(C)(C)C)cc2)cccc1-c1cn(C)c(=O)c(Nc2ccc(CO)cc2)n1. The Morgan fingerprint density at radius 2 is 1.68 bits per heavy atom. The molecule has 190 valence electrons. The van der Waals surface area contributed by atoms with E-state index in [0.717, 1.165) is 22.3 Å². The summed E-state index contributed by atoms with van der Waals surface area (Å²) < 4.78 is 1.48. The number of carbonyl (C=O) groups excluding carboxylic acids is 1. The van der Waals surface area contributed by atoms with Gasteiger partial charge in [-0.15, -0.1) is 0 Å². The molecule has 0 saturated carbocycles. The maximum Gasteiger partial charge on any atom is 0.293 e. The minimum atomic E-state index is -0.268. The number of hydrogen-bond acceptors (Lipinski definition) is 5. The molecular formula is C30H32N4O3. The first-order chi connectivity index (χ1) is 17.6. The number of nitrogens with zero attached hydrogens (tertiary/aromatic N) is 2. The van der Waals surface area contributed by atoms with E-state index >= 15 is 0 Å². The maximum absolute atomic E-state index is 13.0. The molecule has 3 N–H and O–H groups in total. The zero-order valence-corrected chi connectivity index (χ0v) is 21.8. The van der Waals surface area contributed by atoms with Crippen LogP contribution in [0, 0.1) is 6.92 Å². The molecule has 37 heavy (non-hydrogen) atoms. The van der Waals surface area contributed by atoms with Crippen molar-refractivity contribution < 1.29 is 9.90 Å². The van der Waals surface area contributed by atoms with Crippen LogP contribution in [0.25, 0.3) is 11.3 Å². The van der Waals surface area contributed by atoms with Gasteiger partial charge in [-0.05, 0) is 59.4 Å². The van der Waals surface area contributed by atoms with Gasteiger partial charge < -0.3 is 20.3 Å². The van der Waals surface area contributed by atoms with Gasteiger partial charge >= 0.3 is 0 Å². The van der Waals surface area contributed by atoms with Crippen LogP contribution in [-0.2, 0) is 19.1 Å². The molecule has 3 aromatic carbocycles. The lowest BCUT2D eigenvalue weighted by molar-refractivity contribution is 0.102. The zero-order chi connectivity index (χ0) is 26.7. The van der Waals surface area contributed by atoms with E-state index in [4.69, 9.17) is 0 Å². The van der Waals surface area contributed by atoms with E-state index in [-0.39, 0.29) is 29.3 Å². The number of benzene rings is 3. The summed E-state index contributed by atoms with van der Waals surface area (Å²) in [6.45, 7) is 8.28. The largest absolute Gasteiger partial charge is 0.392 e. The van der Waals surface area contributed by atoms with Crippen LogP contribution in [0.15, 0.2) is 77.7 Å². The highest BCUT2D eigenvalue weighted by atomic mass is 16.3. The molecule has 0 aliphatic carbocycles. The van der Waals surface area contributed by atoms with Crippen LogP contribution in [0.4, 0.5) is 17.2 Å². The Morgan fingerprint density at radius 3 is 2.30 bits per heavy atom. The molecule has 0 aliphatic heterocycles. The van der Waals surface area contributed by atoms with E-state index in [1.165, 1.54) is 4.57 Å². The highest BCUT2D eigenvalue weighted by molar-refractivity contribution is 6.05. The first-order valence-electron chi connectivity index (χ1n) is 12.1. The standard InChI is InChI=1S/C30H32N4O3/c1-19-24(7-6-8-25(19)33-28(36)21-11-13-22(14-12-21)30(2,3)4)26-17-34(5)29(37)27(32-26)31-23-15-9-20(18-35)10-16-23/h6-17,35H,18H2,1-5H3,(H,31,32)(H,33,36). The van der Waals surface area contributed by atoms with E-state index in [0.29, 0.717) is 22.6 Å². The molecule has 7 nitrogen and oxygen atoms in total. The van der Waals surface area contributed by atoms with E-state index in [9.17, 15) is 14.7 Å². The third-order valence-corrected chi connectivity index (χ3v) is 6.34. The fourth-order valence-corrected chi connectivity index (χ4v) is 4.01. The minimum absolute atomic E-state index is 0.0132. The summed E-state index contributed by atoms with van der Waals surface area (Å²) in [6, 6.07) is 20.4. The molecule has 1 amide bonds. The molecule has 7 heteroatoms. The van der Waals surface area contributed by atoms with Crippen molar-refractivity contribution >= 4 is 23.1 Å². The Hall–Kier alpha value is -4.23.